The van der Waals surface area contributed by atoms with Crippen molar-refractivity contribution < 1.29 is 4.42 Å². The van der Waals surface area contributed by atoms with E-state index in [1.165, 1.54) is 27.5 Å². The third kappa shape index (κ3) is 5.41. The lowest BCUT2D eigenvalue weighted by Crippen LogP contribution is -2.11. The Labute approximate surface area is 291 Å². The quantitative estimate of drug-likeness (QED) is 0.174. The number of benzene rings is 8. The van der Waals surface area contributed by atoms with E-state index >= 15 is 0 Å². The number of nitrogens with zero attached hydrogens (tertiary/aromatic N) is 2. The number of anilines is 3. The maximum absolute atomic E-state index is 6.19. The average molecular weight is 641 g/mol. The second-order valence-corrected chi connectivity index (χ2v) is 12.4. The van der Waals surface area contributed by atoms with E-state index in [0.717, 1.165) is 50.4 Å². The van der Waals surface area contributed by atoms with Gasteiger partial charge < -0.3 is 9.32 Å². The maximum Gasteiger partial charge on any atom is 0.227 e. The van der Waals surface area contributed by atoms with Crippen LogP contribution in [0.2, 0.25) is 0 Å². The lowest BCUT2D eigenvalue weighted by atomic mass is 9.97. The van der Waals surface area contributed by atoms with Crippen molar-refractivity contribution in [2.45, 2.75) is 0 Å². The second-order valence-electron chi connectivity index (χ2n) is 12.4. The molecule has 1 aromatic heterocycles. The van der Waals surface area contributed by atoms with Gasteiger partial charge in [0.25, 0.3) is 0 Å². The number of oxazole rings is 1. The Morgan fingerprint density at radius 1 is 0.380 bits per heavy atom. The summed E-state index contributed by atoms with van der Waals surface area (Å²) in [5.41, 5.74) is 12.7. The van der Waals surface area contributed by atoms with Gasteiger partial charge in [-0.25, -0.2) is 4.98 Å². The molecule has 3 heteroatoms. The van der Waals surface area contributed by atoms with Crippen molar-refractivity contribution in [2.24, 2.45) is 0 Å². The first-order valence-electron chi connectivity index (χ1n) is 16.9. The molecule has 9 rings (SSSR count). The van der Waals surface area contributed by atoms with Crippen molar-refractivity contribution in [1.82, 2.24) is 4.98 Å². The molecule has 0 atom stereocenters. The van der Waals surface area contributed by atoms with E-state index in [2.05, 4.69) is 157 Å². The van der Waals surface area contributed by atoms with Crippen LogP contribution in [0.4, 0.5) is 17.1 Å². The predicted octanol–water partition coefficient (Wildman–Crippen LogP) is 13.1. The van der Waals surface area contributed by atoms with Gasteiger partial charge in [-0.1, -0.05) is 146 Å². The van der Waals surface area contributed by atoms with Crippen LogP contribution in [0.5, 0.6) is 0 Å². The Morgan fingerprint density at radius 2 is 0.900 bits per heavy atom. The summed E-state index contributed by atoms with van der Waals surface area (Å²) >= 11 is 0. The van der Waals surface area contributed by atoms with Crippen LogP contribution in [0, 0.1) is 0 Å². The van der Waals surface area contributed by atoms with Gasteiger partial charge in [-0.2, -0.15) is 0 Å². The molecule has 1 heterocycles. The normalized spacial score (nSPS) is 11.2. The molecule has 0 bridgehead atoms. The number of rotatable bonds is 7. The first-order valence-corrected chi connectivity index (χ1v) is 16.9. The predicted molar refractivity (Wildman–Crippen MR) is 208 cm³/mol. The van der Waals surface area contributed by atoms with Crippen LogP contribution < -0.4 is 4.90 Å². The lowest BCUT2D eigenvalue weighted by Gasteiger charge is -2.28. The minimum Gasteiger partial charge on any atom is -0.436 e. The first kappa shape index (κ1) is 29.4. The van der Waals surface area contributed by atoms with Gasteiger partial charge in [0, 0.05) is 28.1 Å². The molecule has 0 amide bonds. The molecule has 8 aromatic carbocycles. The van der Waals surface area contributed by atoms with E-state index in [-0.39, 0.29) is 0 Å². The van der Waals surface area contributed by atoms with Crippen LogP contribution in [0.3, 0.4) is 0 Å². The molecule has 0 N–H and O–H groups in total. The fourth-order valence-electron chi connectivity index (χ4n) is 6.90. The minimum atomic E-state index is 0.625. The van der Waals surface area contributed by atoms with E-state index in [4.69, 9.17) is 9.40 Å². The Balaban J connectivity index is 1.14. The summed E-state index contributed by atoms with van der Waals surface area (Å²) in [4.78, 5) is 7.28. The first-order chi connectivity index (χ1) is 24.8. The van der Waals surface area contributed by atoms with Gasteiger partial charge in [0.2, 0.25) is 5.89 Å². The highest BCUT2D eigenvalue weighted by molar-refractivity contribution is 5.97. The number of fused-ring (bicyclic) bond motifs is 2. The van der Waals surface area contributed by atoms with Gasteiger partial charge in [0.15, 0.2) is 5.58 Å². The van der Waals surface area contributed by atoms with Crippen molar-refractivity contribution in [3.63, 3.8) is 0 Å². The van der Waals surface area contributed by atoms with Gasteiger partial charge in [0.05, 0.1) is 5.69 Å². The second kappa shape index (κ2) is 12.7. The van der Waals surface area contributed by atoms with Crippen molar-refractivity contribution in [1.29, 1.82) is 0 Å². The molecule has 0 aliphatic carbocycles. The van der Waals surface area contributed by atoms with Crippen LogP contribution in [0.1, 0.15) is 0 Å². The topological polar surface area (TPSA) is 29.3 Å². The Kier molecular flexibility index (Phi) is 7.49. The standard InChI is InChI=1S/C47H32N2O/c1-3-13-34(14-4-1)42-20-9-10-23-44(42)49(38-29-25-35(26-30-38)41-21-11-18-33-15-7-8-19-40(33)41)39-31-27-36(28-32-39)43-22-12-24-45-46(43)48-47(50-45)37-16-5-2-6-17-37/h1-32H. The Morgan fingerprint density at radius 3 is 1.64 bits per heavy atom. The van der Waals surface area contributed by atoms with Crippen molar-refractivity contribution >= 4 is 38.9 Å². The van der Waals surface area contributed by atoms with Crippen LogP contribution in [0.15, 0.2) is 199 Å². The summed E-state index contributed by atoms with van der Waals surface area (Å²) in [6, 6.07) is 68.2. The molecule has 3 nitrogen and oxygen atoms in total. The Bertz CT molecular complexity index is 2570. The van der Waals surface area contributed by atoms with E-state index in [9.17, 15) is 0 Å². The third-order valence-corrected chi connectivity index (χ3v) is 9.33. The summed E-state index contributed by atoms with van der Waals surface area (Å²) in [6.07, 6.45) is 0. The fraction of sp³-hybridized carbons (Fsp3) is 0. The number of aromatic nitrogens is 1. The average Bonchev–Trinajstić information content (AvgIpc) is 3.64. The maximum atomic E-state index is 6.19. The van der Waals surface area contributed by atoms with Crippen LogP contribution in [0.25, 0.3) is 66.7 Å². The molecule has 0 saturated heterocycles. The molecule has 0 aliphatic heterocycles. The molecule has 236 valence electrons. The third-order valence-electron chi connectivity index (χ3n) is 9.33. The minimum absolute atomic E-state index is 0.625. The van der Waals surface area contributed by atoms with Crippen molar-refractivity contribution in [2.75, 3.05) is 4.90 Å². The van der Waals surface area contributed by atoms with Crippen LogP contribution >= 0.6 is 0 Å². The zero-order chi connectivity index (χ0) is 33.3. The number of para-hydroxylation sites is 2. The van der Waals surface area contributed by atoms with Crippen molar-refractivity contribution in [3.8, 4) is 44.8 Å². The van der Waals surface area contributed by atoms with E-state index in [1.54, 1.807) is 0 Å². The molecule has 0 unspecified atom stereocenters. The summed E-state index contributed by atoms with van der Waals surface area (Å²) < 4.78 is 6.19. The lowest BCUT2D eigenvalue weighted by molar-refractivity contribution is 0.620. The molecule has 0 aliphatic rings. The van der Waals surface area contributed by atoms with Gasteiger partial charge in [-0.15, -0.1) is 0 Å². The smallest absolute Gasteiger partial charge is 0.227 e. The number of hydrogen-bond acceptors (Lipinski definition) is 3. The highest BCUT2D eigenvalue weighted by atomic mass is 16.3. The molecule has 50 heavy (non-hydrogen) atoms. The van der Waals surface area contributed by atoms with E-state index < -0.39 is 0 Å². The van der Waals surface area contributed by atoms with E-state index in [1.807, 2.05) is 42.5 Å². The summed E-state index contributed by atoms with van der Waals surface area (Å²) in [7, 11) is 0. The molecule has 0 spiro atoms. The highest BCUT2D eigenvalue weighted by Gasteiger charge is 2.19. The van der Waals surface area contributed by atoms with Gasteiger partial charge >= 0.3 is 0 Å². The highest BCUT2D eigenvalue weighted by Crippen LogP contribution is 2.42. The van der Waals surface area contributed by atoms with Gasteiger partial charge in [-0.05, 0) is 81.6 Å². The molecule has 0 saturated carbocycles. The fourth-order valence-corrected chi connectivity index (χ4v) is 6.90. The Hall–Kier alpha value is -6.71. The van der Waals surface area contributed by atoms with Crippen molar-refractivity contribution in [3.05, 3.63) is 194 Å². The summed E-state index contributed by atoms with van der Waals surface area (Å²) in [6.45, 7) is 0. The zero-order valence-electron chi connectivity index (χ0n) is 27.3. The molecule has 0 fully saturated rings. The van der Waals surface area contributed by atoms with Crippen LogP contribution in [-0.2, 0) is 0 Å². The molecular formula is C47H32N2O. The van der Waals surface area contributed by atoms with Gasteiger partial charge in [-0.3, -0.25) is 0 Å². The molecule has 9 aromatic rings. The zero-order valence-corrected chi connectivity index (χ0v) is 27.3. The SMILES string of the molecule is c1ccc(-c2nc3c(-c4ccc(N(c5ccc(-c6cccc7ccccc67)cc5)c5ccccc5-c5ccccc5)cc4)cccc3o2)cc1. The van der Waals surface area contributed by atoms with Gasteiger partial charge in [0.1, 0.15) is 5.52 Å². The van der Waals surface area contributed by atoms with Crippen LogP contribution in [-0.4, -0.2) is 4.98 Å². The molecule has 0 radical (unpaired) electrons. The summed E-state index contributed by atoms with van der Waals surface area (Å²) in [5.74, 6) is 0.625. The van der Waals surface area contributed by atoms with E-state index in [0.29, 0.717) is 5.89 Å². The molecular weight excluding hydrogens is 609 g/mol. The number of hydrogen-bond donors (Lipinski definition) is 0. The monoisotopic (exact) mass is 640 g/mol. The largest absolute Gasteiger partial charge is 0.436 e. The summed E-state index contributed by atoms with van der Waals surface area (Å²) in [5, 5.41) is 2.49.